The first-order valence-corrected chi connectivity index (χ1v) is 17.3. The number of benzene rings is 3. The smallest absolute Gasteiger partial charge is 0.332 e. The van der Waals surface area contributed by atoms with Gasteiger partial charge in [-0.15, -0.1) is 0 Å². The van der Waals surface area contributed by atoms with Crippen LogP contribution in [0.25, 0.3) is 5.69 Å². The van der Waals surface area contributed by atoms with Gasteiger partial charge in [-0.2, -0.15) is 5.10 Å². The van der Waals surface area contributed by atoms with Gasteiger partial charge in [-0.05, 0) is 74.0 Å². The van der Waals surface area contributed by atoms with Crippen molar-refractivity contribution in [2.45, 2.75) is 44.7 Å². The molecule has 2 aliphatic rings. The molecule has 0 amide bonds. The Bertz CT molecular complexity index is 1910. The van der Waals surface area contributed by atoms with Crippen LogP contribution in [0.1, 0.15) is 31.9 Å². The van der Waals surface area contributed by atoms with Crippen LogP contribution in [0, 0.1) is 0 Å². The first-order valence-electron chi connectivity index (χ1n) is 16.5. The van der Waals surface area contributed by atoms with Gasteiger partial charge in [0, 0.05) is 66.6 Å². The van der Waals surface area contributed by atoms with Crippen LogP contribution in [0.3, 0.4) is 0 Å². The highest BCUT2D eigenvalue weighted by atomic mass is 35.5. The third-order valence-corrected chi connectivity index (χ3v) is 9.86. The van der Waals surface area contributed by atoms with E-state index < -0.39 is 5.79 Å². The summed E-state index contributed by atoms with van der Waals surface area (Å²) in [6.45, 7) is 8.64. The minimum absolute atomic E-state index is 0.00561. The van der Waals surface area contributed by atoms with Crippen LogP contribution in [-0.4, -0.2) is 69.4 Å². The number of rotatable bonds is 11. The van der Waals surface area contributed by atoms with E-state index in [0.29, 0.717) is 28.8 Å². The number of ether oxygens (including phenoxy) is 3. The standard InChI is InChI=1S/C36H39Cl2N7O4/c1-3-26(2)44-18-19-45(35(44)46)30-7-5-28(6-8-30)41-14-16-42(17-15-41)29-9-11-31(12-10-29)47-21-32-22-48-36(49-32,23-43-25-39-24-40-43)33-13-4-27(37)20-34(33)38/h4-13,18-20,24-26,32H,3,14-17,21-23H2,1-2H3. The van der Waals surface area contributed by atoms with Crippen LogP contribution in [0.15, 0.2) is 96.6 Å². The molecule has 0 saturated carbocycles. The Balaban J connectivity index is 0.925. The van der Waals surface area contributed by atoms with E-state index >= 15 is 0 Å². The van der Waals surface area contributed by atoms with E-state index in [1.165, 1.54) is 6.33 Å². The summed E-state index contributed by atoms with van der Waals surface area (Å²) in [6, 6.07) is 21.9. The quantitative estimate of drug-likeness (QED) is 0.161. The Morgan fingerprint density at radius 3 is 2.24 bits per heavy atom. The molecule has 2 aromatic heterocycles. The first-order chi connectivity index (χ1) is 23.8. The van der Waals surface area contributed by atoms with E-state index in [1.807, 2.05) is 42.7 Å². The molecule has 256 valence electrons. The van der Waals surface area contributed by atoms with Gasteiger partial charge in [0.05, 0.1) is 17.3 Å². The summed E-state index contributed by atoms with van der Waals surface area (Å²) in [5.41, 5.74) is 3.85. The summed E-state index contributed by atoms with van der Waals surface area (Å²) in [4.78, 5) is 21.7. The van der Waals surface area contributed by atoms with Gasteiger partial charge in [0.1, 0.15) is 37.7 Å². The summed E-state index contributed by atoms with van der Waals surface area (Å²) in [5.74, 6) is -0.403. The number of aromatic nitrogens is 5. The van der Waals surface area contributed by atoms with Gasteiger partial charge in [-0.25, -0.2) is 14.5 Å². The van der Waals surface area contributed by atoms with Crippen molar-refractivity contribution in [3.63, 3.8) is 0 Å². The molecule has 0 N–H and O–H groups in total. The fourth-order valence-electron chi connectivity index (χ4n) is 6.39. The molecule has 49 heavy (non-hydrogen) atoms. The van der Waals surface area contributed by atoms with Crippen LogP contribution in [0.5, 0.6) is 5.75 Å². The van der Waals surface area contributed by atoms with E-state index in [4.69, 9.17) is 37.4 Å². The number of imidazole rings is 1. The predicted octanol–water partition coefficient (Wildman–Crippen LogP) is 6.18. The van der Waals surface area contributed by atoms with Crippen molar-refractivity contribution in [1.29, 1.82) is 0 Å². The molecule has 2 aliphatic heterocycles. The average Bonchev–Trinajstić information content (AvgIpc) is 3.88. The van der Waals surface area contributed by atoms with Gasteiger partial charge < -0.3 is 24.0 Å². The minimum Gasteiger partial charge on any atom is -0.491 e. The van der Waals surface area contributed by atoms with Gasteiger partial charge >= 0.3 is 5.69 Å². The zero-order valence-corrected chi connectivity index (χ0v) is 29.0. The number of hydrogen-bond acceptors (Lipinski definition) is 8. The monoisotopic (exact) mass is 703 g/mol. The molecule has 2 fully saturated rings. The Kier molecular flexibility index (Phi) is 9.68. The SMILES string of the molecule is CCC(C)n1ccn(-c2ccc(N3CCN(c4ccc(OCC5COC(Cn6cncn6)(c6ccc(Cl)cc6Cl)O5)cc4)CC3)cc2)c1=O. The van der Waals surface area contributed by atoms with Crippen molar-refractivity contribution < 1.29 is 14.2 Å². The van der Waals surface area contributed by atoms with E-state index in [1.54, 1.807) is 32.3 Å². The van der Waals surface area contributed by atoms with E-state index in [2.05, 4.69) is 58.0 Å². The van der Waals surface area contributed by atoms with Gasteiger partial charge in [0.25, 0.3) is 0 Å². The molecule has 3 aromatic carbocycles. The summed E-state index contributed by atoms with van der Waals surface area (Å²) < 4.78 is 24.0. The maximum Gasteiger partial charge on any atom is 0.332 e. The van der Waals surface area contributed by atoms with Crippen molar-refractivity contribution in [2.75, 3.05) is 49.2 Å². The maximum absolute atomic E-state index is 12.9. The molecule has 5 aromatic rings. The van der Waals surface area contributed by atoms with Crippen molar-refractivity contribution >= 4 is 34.6 Å². The Morgan fingerprint density at radius 1 is 0.939 bits per heavy atom. The second kappa shape index (κ2) is 14.3. The fraction of sp³-hybridized carbons (Fsp3) is 0.361. The molecule has 11 nitrogen and oxygen atoms in total. The summed E-state index contributed by atoms with van der Waals surface area (Å²) in [5, 5.41) is 5.21. The van der Waals surface area contributed by atoms with Crippen molar-refractivity contribution in [3.8, 4) is 11.4 Å². The summed E-state index contributed by atoms with van der Waals surface area (Å²) in [7, 11) is 0. The van der Waals surface area contributed by atoms with E-state index in [0.717, 1.165) is 55.4 Å². The second-order valence-electron chi connectivity index (χ2n) is 12.4. The number of piperazine rings is 1. The average molecular weight is 705 g/mol. The Labute approximate surface area is 295 Å². The molecule has 0 aliphatic carbocycles. The topological polar surface area (TPSA) is 91.8 Å². The Morgan fingerprint density at radius 2 is 1.61 bits per heavy atom. The highest BCUT2D eigenvalue weighted by Crippen LogP contribution is 2.40. The third kappa shape index (κ3) is 7.07. The van der Waals surface area contributed by atoms with Crippen LogP contribution >= 0.6 is 23.2 Å². The number of halogens is 2. The highest BCUT2D eigenvalue weighted by molar-refractivity contribution is 6.35. The molecule has 0 radical (unpaired) electrons. The third-order valence-electron chi connectivity index (χ3n) is 9.32. The van der Waals surface area contributed by atoms with Gasteiger partial charge in [-0.3, -0.25) is 9.13 Å². The van der Waals surface area contributed by atoms with Crippen molar-refractivity contribution in [1.82, 2.24) is 23.9 Å². The molecule has 3 atom stereocenters. The van der Waals surface area contributed by atoms with Crippen molar-refractivity contribution in [2.24, 2.45) is 0 Å². The molecule has 4 heterocycles. The van der Waals surface area contributed by atoms with Crippen LogP contribution in [0.4, 0.5) is 11.4 Å². The molecule has 3 unspecified atom stereocenters. The van der Waals surface area contributed by atoms with Crippen molar-refractivity contribution in [3.05, 3.63) is 118 Å². The molecule has 13 heteroatoms. The van der Waals surface area contributed by atoms with Gasteiger partial charge in [0.15, 0.2) is 0 Å². The van der Waals surface area contributed by atoms with E-state index in [9.17, 15) is 4.79 Å². The van der Waals surface area contributed by atoms with Gasteiger partial charge in [-0.1, -0.05) is 36.2 Å². The fourth-order valence-corrected chi connectivity index (χ4v) is 6.94. The van der Waals surface area contributed by atoms with E-state index in [-0.39, 0.29) is 24.4 Å². The lowest BCUT2D eigenvalue weighted by Crippen LogP contribution is -2.46. The molecular formula is C36H39Cl2N7O4. The number of anilines is 2. The molecular weight excluding hydrogens is 665 g/mol. The maximum atomic E-state index is 12.9. The predicted molar refractivity (Wildman–Crippen MR) is 190 cm³/mol. The van der Waals surface area contributed by atoms with Crippen LogP contribution in [-0.2, 0) is 21.8 Å². The second-order valence-corrected chi connectivity index (χ2v) is 13.3. The lowest BCUT2D eigenvalue weighted by molar-refractivity contribution is -0.190. The molecule has 0 bridgehead atoms. The normalized spacial score (nSPS) is 20.1. The zero-order valence-electron chi connectivity index (χ0n) is 27.5. The molecule has 2 saturated heterocycles. The zero-order chi connectivity index (χ0) is 34.0. The largest absolute Gasteiger partial charge is 0.491 e. The molecule has 7 rings (SSSR count). The lowest BCUT2D eigenvalue weighted by atomic mass is 10.1. The number of hydrogen-bond donors (Lipinski definition) is 0. The van der Waals surface area contributed by atoms with Gasteiger partial charge in [0.2, 0.25) is 5.79 Å². The highest BCUT2D eigenvalue weighted by Gasteiger charge is 2.45. The summed E-state index contributed by atoms with van der Waals surface area (Å²) in [6.07, 6.45) is 7.38. The lowest BCUT2D eigenvalue weighted by Gasteiger charge is -2.37. The minimum atomic E-state index is -1.16. The molecule has 0 spiro atoms. The first kappa shape index (κ1) is 33.2. The van der Waals surface area contributed by atoms with Crippen LogP contribution < -0.4 is 20.2 Å². The Hall–Kier alpha value is -4.29. The van der Waals surface area contributed by atoms with Crippen LogP contribution in [0.2, 0.25) is 10.0 Å². The number of nitrogens with zero attached hydrogens (tertiary/aromatic N) is 7. The summed E-state index contributed by atoms with van der Waals surface area (Å²) >= 11 is 12.7.